The minimum atomic E-state index is -0.376. The smallest absolute Gasteiger partial charge is 0.291 e. The second kappa shape index (κ2) is 6.64. The van der Waals surface area contributed by atoms with Crippen molar-refractivity contribution in [2.45, 2.75) is 26.3 Å². The molecule has 0 saturated heterocycles. The number of nitrogens with zero attached hydrogens (tertiary/aromatic N) is 5. The number of aromatic nitrogens is 5. The van der Waals surface area contributed by atoms with E-state index in [-0.39, 0.29) is 23.9 Å². The molecule has 0 aliphatic rings. The van der Waals surface area contributed by atoms with Gasteiger partial charge in [0.1, 0.15) is 30.0 Å². The Morgan fingerprint density at radius 1 is 1.19 bits per heavy atom. The maximum Gasteiger partial charge on any atom is 0.291 e. The molecule has 3 aromatic heterocycles. The Labute approximate surface area is 154 Å². The topological polar surface area (TPSA) is 94.2 Å². The molecule has 0 aliphatic carbocycles. The average Bonchev–Trinajstić information content (AvgIpc) is 3.04. The number of anilines is 1. The van der Waals surface area contributed by atoms with Gasteiger partial charge in [-0.3, -0.25) is 14.0 Å². The fourth-order valence-corrected chi connectivity index (χ4v) is 3.07. The van der Waals surface area contributed by atoms with Crippen LogP contribution in [0.3, 0.4) is 0 Å². The van der Waals surface area contributed by atoms with Crippen molar-refractivity contribution in [1.82, 2.24) is 24.1 Å². The first kappa shape index (κ1) is 16.9. The molecule has 1 amide bonds. The van der Waals surface area contributed by atoms with Crippen LogP contribution >= 0.6 is 0 Å². The second-order valence-corrected chi connectivity index (χ2v) is 6.54. The Morgan fingerprint density at radius 2 is 2.00 bits per heavy atom. The standard InChI is InChI=1S/C19H18N6O2/c1-12(2)18-23-24(10-17(26)22-16-7-8-20-11-21-16)19(27)15-9-13-5-3-4-6-14(13)25(15)18/h3-9,11-12H,10H2,1-2H3,(H,20,21,22,26). The summed E-state index contributed by atoms with van der Waals surface area (Å²) in [5.41, 5.74) is 1.12. The van der Waals surface area contributed by atoms with E-state index in [0.29, 0.717) is 11.3 Å². The van der Waals surface area contributed by atoms with Crippen molar-refractivity contribution in [1.29, 1.82) is 0 Å². The summed E-state index contributed by atoms with van der Waals surface area (Å²) < 4.78 is 3.08. The van der Waals surface area contributed by atoms with Crippen molar-refractivity contribution in [3.63, 3.8) is 0 Å². The second-order valence-electron chi connectivity index (χ2n) is 6.54. The van der Waals surface area contributed by atoms with Gasteiger partial charge in [-0.05, 0) is 18.2 Å². The highest BCUT2D eigenvalue weighted by molar-refractivity contribution is 5.90. The molecule has 136 valence electrons. The average molecular weight is 362 g/mol. The molecule has 8 heteroatoms. The number of amides is 1. The van der Waals surface area contributed by atoms with Crippen LogP contribution in [-0.2, 0) is 11.3 Å². The fourth-order valence-electron chi connectivity index (χ4n) is 3.07. The molecule has 0 spiro atoms. The minimum Gasteiger partial charge on any atom is -0.309 e. The van der Waals surface area contributed by atoms with Gasteiger partial charge >= 0.3 is 0 Å². The first-order chi connectivity index (χ1) is 13.0. The van der Waals surface area contributed by atoms with Gasteiger partial charge in [0.15, 0.2) is 0 Å². The summed E-state index contributed by atoms with van der Waals surface area (Å²) in [7, 11) is 0. The lowest BCUT2D eigenvalue weighted by Crippen LogP contribution is -2.32. The molecule has 0 atom stereocenters. The maximum absolute atomic E-state index is 12.9. The van der Waals surface area contributed by atoms with Crippen LogP contribution in [0.2, 0.25) is 0 Å². The lowest BCUT2D eigenvalue weighted by atomic mass is 10.2. The number of rotatable bonds is 4. The van der Waals surface area contributed by atoms with E-state index >= 15 is 0 Å². The molecule has 27 heavy (non-hydrogen) atoms. The molecule has 0 radical (unpaired) electrons. The molecule has 8 nitrogen and oxygen atoms in total. The summed E-state index contributed by atoms with van der Waals surface area (Å²) in [5, 5.41) is 8.08. The number of carbonyl (C=O) groups is 1. The molecule has 0 unspecified atom stereocenters. The third-order valence-electron chi connectivity index (χ3n) is 4.28. The number of carbonyl (C=O) groups excluding carboxylic acids is 1. The van der Waals surface area contributed by atoms with E-state index in [9.17, 15) is 9.59 Å². The van der Waals surface area contributed by atoms with E-state index in [1.54, 1.807) is 6.07 Å². The summed E-state index contributed by atoms with van der Waals surface area (Å²) in [5.74, 6) is 0.792. The van der Waals surface area contributed by atoms with E-state index in [0.717, 1.165) is 16.7 Å². The van der Waals surface area contributed by atoms with Gasteiger partial charge in [0.2, 0.25) is 5.91 Å². The predicted octanol–water partition coefficient (Wildman–Crippen LogP) is 2.20. The van der Waals surface area contributed by atoms with Crippen LogP contribution < -0.4 is 10.9 Å². The van der Waals surface area contributed by atoms with Gasteiger partial charge in [0.05, 0.1) is 5.52 Å². The highest BCUT2D eigenvalue weighted by Crippen LogP contribution is 2.22. The molecular formula is C19H18N6O2. The molecular weight excluding hydrogens is 344 g/mol. The molecule has 3 heterocycles. The zero-order chi connectivity index (χ0) is 19.0. The van der Waals surface area contributed by atoms with Gasteiger partial charge < -0.3 is 5.32 Å². The number of benzene rings is 1. The maximum atomic E-state index is 12.9. The molecule has 1 aromatic carbocycles. The third-order valence-corrected chi connectivity index (χ3v) is 4.28. The van der Waals surface area contributed by atoms with Crippen LogP contribution in [0.25, 0.3) is 16.4 Å². The zero-order valence-corrected chi connectivity index (χ0v) is 15.0. The van der Waals surface area contributed by atoms with E-state index in [1.807, 2.05) is 48.6 Å². The van der Waals surface area contributed by atoms with E-state index in [1.165, 1.54) is 17.2 Å². The van der Waals surface area contributed by atoms with Gasteiger partial charge in [0, 0.05) is 17.5 Å². The van der Waals surface area contributed by atoms with Crippen molar-refractivity contribution >= 4 is 28.1 Å². The fraction of sp³-hybridized carbons (Fsp3) is 0.211. The van der Waals surface area contributed by atoms with Gasteiger partial charge in [-0.15, -0.1) is 0 Å². The lowest BCUT2D eigenvalue weighted by molar-refractivity contribution is -0.117. The number of nitrogens with one attached hydrogen (secondary N) is 1. The minimum absolute atomic E-state index is 0.0695. The van der Waals surface area contributed by atoms with Gasteiger partial charge in [-0.1, -0.05) is 32.0 Å². The molecule has 0 saturated carbocycles. The SMILES string of the molecule is CC(C)c1nn(CC(=O)Nc2ccncn2)c(=O)c2cc3ccccc3n12. The largest absolute Gasteiger partial charge is 0.309 e. The highest BCUT2D eigenvalue weighted by Gasteiger charge is 2.17. The van der Waals surface area contributed by atoms with Gasteiger partial charge in [0.25, 0.3) is 5.56 Å². The summed E-state index contributed by atoms with van der Waals surface area (Å²) in [6.45, 7) is 3.82. The molecule has 1 N–H and O–H groups in total. The molecule has 0 bridgehead atoms. The van der Waals surface area contributed by atoms with Crippen molar-refractivity contribution < 1.29 is 4.79 Å². The van der Waals surface area contributed by atoms with E-state index < -0.39 is 0 Å². The molecule has 4 rings (SSSR count). The number of para-hydroxylation sites is 1. The van der Waals surface area contributed by atoms with Crippen molar-refractivity contribution in [3.8, 4) is 0 Å². The Morgan fingerprint density at radius 3 is 2.74 bits per heavy atom. The highest BCUT2D eigenvalue weighted by atomic mass is 16.2. The first-order valence-corrected chi connectivity index (χ1v) is 8.61. The van der Waals surface area contributed by atoms with Crippen LogP contribution in [0.5, 0.6) is 0 Å². The van der Waals surface area contributed by atoms with Gasteiger partial charge in [-0.2, -0.15) is 5.10 Å². The summed E-state index contributed by atoms with van der Waals surface area (Å²) in [6.07, 6.45) is 2.87. The van der Waals surface area contributed by atoms with Crippen molar-refractivity contribution in [2.75, 3.05) is 5.32 Å². The summed E-state index contributed by atoms with van der Waals surface area (Å²) >= 11 is 0. The van der Waals surface area contributed by atoms with Crippen LogP contribution in [0.15, 0.2) is 53.7 Å². The van der Waals surface area contributed by atoms with Crippen LogP contribution in [0, 0.1) is 0 Å². The van der Waals surface area contributed by atoms with Crippen LogP contribution in [-0.4, -0.2) is 30.1 Å². The van der Waals surface area contributed by atoms with Gasteiger partial charge in [-0.25, -0.2) is 14.6 Å². The monoisotopic (exact) mass is 362 g/mol. The van der Waals surface area contributed by atoms with Crippen LogP contribution in [0.1, 0.15) is 25.6 Å². The Kier molecular flexibility index (Phi) is 4.15. The van der Waals surface area contributed by atoms with E-state index in [4.69, 9.17) is 0 Å². The van der Waals surface area contributed by atoms with Crippen molar-refractivity contribution in [2.24, 2.45) is 0 Å². The number of hydrogen-bond acceptors (Lipinski definition) is 5. The van der Waals surface area contributed by atoms with E-state index in [2.05, 4.69) is 20.4 Å². The number of fused-ring (bicyclic) bond motifs is 3. The van der Waals surface area contributed by atoms with Crippen LogP contribution in [0.4, 0.5) is 5.82 Å². The zero-order valence-electron chi connectivity index (χ0n) is 15.0. The number of hydrogen-bond donors (Lipinski definition) is 1. The third kappa shape index (κ3) is 3.05. The molecule has 0 fully saturated rings. The molecule has 4 aromatic rings. The predicted molar refractivity (Wildman–Crippen MR) is 102 cm³/mol. The Hall–Kier alpha value is -3.55. The summed E-state index contributed by atoms with van der Waals surface area (Å²) in [4.78, 5) is 33.0. The summed E-state index contributed by atoms with van der Waals surface area (Å²) in [6, 6.07) is 11.2. The normalized spacial score (nSPS) is 11.4. The quantitative estimate of drug-likeness (QED) is 0.601. The van der Waals surface area contributed by atoms with Crippen molar-refractivity contribution in [3.05, 3.63) is 65.1 Å². The first-order valence-electron chi connectivity index (χ1n) is 8.61. The Bertz CT molecular complexity index is 1190. The Balaban J connectivity index is 1.79. The lowest BCUT2D eigenvalue weighted by Gasteiger charge is -2.13. The molecule has 0 aliphatic heterocycles.